The quantitative estimate of drug-likeness (QED) is 0.872. The lowest BCUT2D eigenvalue weighted by molar-refractivity contribution is -0.885. The molecule has 0 saturated carbocycles. The minimum Gasteiger partial charge on any atom is -0.326 e. The van der Waals surface area contributed by atoms with Gasteiger partial charge in [0, 0.05) is 11.3 Å². The summed E-state index contributed by atoms with van der Waals surface area (Å²) in [5.74, 6) is 0.0489. The van der Waals surface area contributed by atoms with E-state index >= 15 is 0 Å². The predicted molar refractivity (Wildman–Crippen MR) is 91.2 cm³/mol. The van der Waals surface area contributed by atoms with Crippen LogP contribution in [0.15, 0.2) is 42.5 Å². The first-order valence-electron chi connectivity index (χ1n) is 7.68. The van der Waals surface area contributed by atoms with Crippen molar-refractivity contribution in [3.05, 3.63) is 64.7 Å². The Labute approximate surface area is 133 Å². The predicted octanol–water partition coefficient (Wildman–Crippen LogP) is 2.27. The molecule has 0 aromatic heterocycles. The van der Waals surface area contributed by atoms with Crippen LogP contribution in [0.25, 0.3) is 0 Å². The van der Waals surface area contributed by atoms with E-state index in [1.807, 2.05) is 31.2 Å². The monoisotopic (exact) mass is 297 g/mol. The van der Waals surface area contributed by atoms with E-state index in [2.05, 4.69) is 44.4 Å². The molecule has 3 heteroatoms. The summed E-state index contributed by atoms with van der Waals surface area (Å²) in [6.07, 6.45) is 0. The molecule has 0 spiro atoms. The molecule has 2 aromatic rings. The van der Waals surface area contributed by atoms with Gasteiger partial charge in [0.2, 0.25) is 0 Å². The zero-order valence-electron chi connectivity index (χ0n) is 13.9. The molecule has 2 rings (SSSR count). The van der Waals surface area contributed by atoms with Gasteiger partial charge < -0.3 is 10.2 Å². The highest BCUT2D eigenvalue weighted by molar-refractivity contribution is 5.91. The third-order valence-electron chi connectivity index (χ3n) is 3.75. The first-order valence-corrected chi connectivity index (χ1v) is 7.68. The number of anilines is 1. The van der Waals surface area contributed by atoms with E-state index in [1.54, 1.807) is 0 Å². The third kappa shape index (κ3) is 4.71. The molecule has 0 saturated heterocycles. The van der Waals surface area contributed by atoms with Crippen LogP contribution in [0.2, 0.25) is 0 Å². The Bertz CT molecular complexity index is 664. The van der Waals surface area contributed by atoms with Crippen molar-refractivity contribution in [2.45, 2.75) is 27.3 Å². The number of carbonyl (C=O) groups is 1. The number of carbonyl (C=O) groups excluding carboxylic acids is 1. The number of aryl methyl sites for hydroxylation is 3. The van der Waals surface area contributed by atoms with Crippen molar-refractivity contribution in [2.24, 2.45) is 0 Å². The fourth-order valence-electron chi connectivity index (χ4n) is 2.63. The molecule has 0 fully saturated rings. The molecule has 2 N–H and O–H groups in total. The summed E-state index contributed by atoms with van der Waals surface area (Å²) in [6.45, 7) is 7.56. The summed E-state index contributed by atoms with van der Waals surface area (Å²) >= 11 is 0. The van der Waals surface area contributed by atoms with Gasteiger partial charge in [-0.3, -0.25) is 4.79 Å². The molecule has 1 unspecified atom stereocenters. The molecule has 116 valence electrons. The van der Waals surface area contributed by atoms with Crippen molar-refractivity contribution < 1.29 is 9.69 Å². The van der Waals surface area contributed by atoms with Gasteiger partial charge in [-0.05, 0) is 44.0 Å². The maximum absolute atomic E-state index is 12.1. The van der Waals surface area contributed by atoms with Crippen LogP contribution < -0.4 is 10.2 Å². The van der Waals surface area contributed by atoms with E-state index in [1.165, 1.54) is 21.6 Å². The van der Waals surface area contributed by atoms with Gasteiger partial charge in [0.15, 0.2) is 6.54 Å². The molecule has 3 nitrogen and oxygen atoms in total. The minimum atomic E-state index is 0.0489. The Morgan fingerprint density at radius 1 is 1.05 bits per heavy atom. The Morgan fingerprint density at radius 3 is 2.45 bits per heavy atom. The standard InChI is InChI=1S/C19H24N2O/c1-14-6-5-7-18(11-14)20-19(22)13-21(4)12-17-9-8-15(2)10-16(17)3/h5-11H,12-13H2,1-4H3,(H,20,22)/p+1. The summed E-state index contributed by atoms with van der Waals surface area (Å²) in [6, 6.07) is 14.4. The van der Waals surface area contributed by atoms with Crippen LogP contribution in [-0.4, -0.2) is 19.5 Å². The molecular weight excluding hydrogens is 272 g/mol. The summed E-state index contributed by atoms with van der Waals surface area (Å²) in [5.41, 5.74) is 5.87. The summed E-state index contributed by atoms with van der Waals surface area (Å²) < 4.78 is 0. The van der Waals surface area contributed by atoms with Crippen LogP contribution in [0.4, 0.5) is 5.69 Å². The van der Waals surface area contributed by atoms with E-state index in [4.69, 9.17) is 0 Å². The molecule has 2 aromatic carbocycles. The van der Waals surface area contributed by atoms with Crippen molar-refractivity contribution in [2.75, 3.05) is 18.9 Å². The van der Waals surface area contributed by atoms with Crippen molar-refractivity contribution >= 4 is 11.6 Å². The Hall–Kier alpha value is -2.13. The highest BCUT2D eigenvalue weighted by Crippen LogP contribution is 2.10. The average molecular weight is 297 g/mol. The summed E-state index contributed by atoms with van der Waals surface area (Å²) in [7, 11) is 2.05. The number of quaternary nitrogens is 1. The number of rotatable bonds is 5. The molecule has 0 bridgehead atoms. The highest BCUT2D eigenvalue weighted by Gasteiger charge is 2.12. The van der Waals surface area contributed by atoms with Crippen molar-refractivity contribution in [1.29, 1.82) is 0 Å². The van der Waals surface area contributed by atoms with E-state index < -0.39 is 0 Å². The van der Waals surface area contributed by atoms with E-state index in [-0.39, 0.29) is 5.91 Å². The fraction of sp³-hybridized carbons (Fsp3) is 0.316. The van der Waals surface area contributed by atoms with Gasteiger partial charge >= 0.3 is 0 Å². The first-order chi connectivity index (χ1) is 10.4. The summed E-state index contributed by atoms with van der Waals surface area (Å²) in [4.78, 5) is 13.3. The van der Waals surface area contributed by atoms with E-state index in [0.29, 0.717) is 6.54 Å². The number of nitrogens with one attached hydrogen (secondary N) is 2. The third-order valence-corrected chi connectivity index (χ3v) is 3.75. The van der Waals surface area contributed by atoms with Gasteiger partial charge in [0.05, 0.1) is 7.05 Å². The van der Waals surface area contributed by atoms with Gasteiger partial charge in [-0.15, -0.1) is 0 Å². The van der Waals surface area contributed by atoms with Crippen LogP contribution in [0.1, 0.15) is 22.3 Å². The number of amides is 1. The molecule has 0 aliphatic rings. The lowest BCUT2D eigenvalue weighted by Crippen LogP contribution is -3.08. The van der Waals surface area contributed by atoms with Crippen LogP contribution in [0.5, 0.6) is 0 Å². The molecule has 0 aliphatic heterocycles. The number of hydrogen-bond donors (Lipinski definition) is 2. The molecule has 1 atom stereocenters. The largest absolute Gasteiger partial charge is 0.326 e. The zero-order chi connectivity index (χ0) is 16.1. The van der Waals surface area contributed by atoms with Crippen molar-refractivity contribution in [3.8, 4) is 0 Å². The van der Waals surface area contributed by atoms with Crippen molar-refractivity contribution in [3.63, 3.8) is 0 Å². The lowest BCUT2D eigenvalue weighted by atomic mass is 10.1. The van der Waals surface area contributed by atoms with Gasteiger partial charge in [-0.25, -0.2) is 0 Å². The molecule has 0 heterocycles. The first kappa shape index (κ1) is 16.2. The summed E-state index contributed by atoms with van der Waals surface area (Å²) in [5, 5.41) is 2.96. The Balaban J connectivity index is 1.91. The Kier molecular flexibility index (Phi) is 5.34. The van der Waals surface area contributed by atoms with Crippen LogP contribution in [0, 0.1) is 20.8 Å². The molecule has 22 heavy (non-hydrogen) atoms. The van der Waals surface area contributed by atoms with Gasteiger partial charge in [0.25, 0.3) is 5.91 Å². The highest BCUT2D eigenvalue weighted by atomic mass is 16.2. The smallest absolute Gasteiger partial charge is 0.279 e. The topological polar surface area (TPSA) is 33.5 Å². The van der Waals surface area contributed by atoms with Gasteiger partial charge in [-0.1, -0.05) is 35.9 Å². The average Bonchev–Trinajstić information content (AvgIpc) is 2.41. The second kappa shape index (κ2) is 7.23. The second-order valence-electron chi connectivity index (χ2n) is 6.16. The van der Waals surface area contributed by atoms with Crippen LogP contribution >= 0.6 is 0 Å². The molecule has 0 aliphatic carbocycles. The fourth-order valence-corrected chi connectivity index (χ4v) is 2.63. The van der Waals surface area contributed by atoms with Gasteiger partial charge in [-0.2, -0.15) is 0 Å². The molecule has 0 radical (unpaired) electrons. The SMILES string of the molecule is Cc1cccc(NC(=O)C[NH+](C)Cc2ccc(C)cc2C)c1. The lowest BCUT2D eigenvalue weighted by Gasteiger charge is -2.15. The Morgan fingerprint density at radius 2 is 1.77 bits per heavy atom. The number of hydrogen-bond acceptors (Lipinski definition) is 1. The van der Waals surface area contributed by atoms with Crippen LogP contribution in [0.3, 0.4) is 0 Å². The maximum atomic E-state index is 12.1. The maximum Gasteiger partial charge on any atom is 0.279 e. The van der Waals surface area contributed by atoms with Crippen LogP contribution in [-0.2, 0) is 11.3 Å². The van der Waals surface area contributed by atoms with E-state index in [0.717, 1.165) is 17.8 Å². The molecular formula is C19H25N2O+. The zero-order valence-corrected chi connectivity index (χ0v) is 13.9. The van der Waals surface area contributed by atoms with Crippen molar-refractivity contribution in [1.82, 2.24) is 0 Å². The molecule has 1 amide bonds. The minimum absolute atomic E-state index is 0.0489. The van der Waals surface area contributed by atoms with E-state index in [9.17, 15) is 4.79 Å². The number of likely N-dealkylation sites (N-methyl/N-ethyl adjacent to an activating group) is 1. The second-order valence-corrected chi connectivity index (χ2v) is 6.16. The normalized spacial score (nSPS) is 12.0. The number of benzene rings is 2. The van der Waals surface area contributed by atoms with Gasteiger partial charge in [0.1, 0.15) is 6.54 Å².